The molecule has 3 amide bonds. The van der Waals surface area contributed by atoms with Crippen LogP contribution in [0.5, 0.6) is 0 Å². The summed E-state index contributed by atoms with van der Waals surface area (Å²) in [6.07, 6.45) is 3.51. The third-order valence-corrected chi connectivity index (χ3v) is 4.58. The Balaban J connectivity index is 1.38. The molecular weight excluding hydrogens is 413 g/mol. The van der Waals surface area contributed by atoms with Crippen LogP contribution in [0.1, 0.15) is 15.9 Å². The van der Waals surface area contributed by atoms with Gasteiger partial charge in [-0.25, -0.2) is 9.48 Å². The molecule has 150 valence electrons. The van der Waals surface area contributed by atoms with Gasteiger partial charge in [0.25, 0.3) is 5.91 Å². The maximum absolute atomic E-state index is 12.0. The van der Waals surface area contributed by atoms with Crippen LogP contribution in [0.2, 0.25) is 10.0 Å². The van der Waals surface area contributed by atoms with E-state index in [1.54, 1.807) is 47.3 Å². The molecule has 0 spiro atoms. The summed E-state index contributed by atoms with van der Waals surface area (Å²) in [5, 5.41) is 13.4. The molecule has 1 aromatic heterocycles. The molecule has 0 unspecified atom stereocenters. The van der Waals surface area contributed by atoms with Crippen LogP contribution < -0.4 is 16.0 Å². The zero-order valence-electron chi connectivity index (χ0n) is 15.4. The fraction of sp³-hybridized carbons (Fsp3) is 0.150. The van der Waals surface area contributed by atoms with Gasteiger partial charge < -0.3 is 16.0 Å². The van der Waals surface area contributed by atoms with E-state index in [1.807, 2.05) is 18.3 Å². The third-order valence-electron chi connectivity index (χ3n) is 3.99. The van der Waals surface area contributed by atoms with E-state index in [9.17, 15) is 9.59 Å². The first kappa shape index (κ1) is 20.7. The summed E-state index contributed by atoms with van der Waals surface area (Å²) in [7, 11) is 0. The van der Waals surface area contributed by atoms with Crippen LogP contribution in [-0.4, -0.2) is 34.8 Å². The quantitative estimate of drug-likeness (QED) is 0.500. The second kappa shape index (κ2) is 9.95. The summed E-state index contributed by atoms with van der Waals surface area (Å²) >= 11 is 11.9. The van der Waals surface area contributed by atoms with Gasteiger partial charge in [-0.15, -0.1) is 0 Å². The first-order valence-corrected chi connectivity index (χ1v) is 9.62. The molecular formula is C20H19Cl2N5O2. The number of hydrogen-bond donors (Lipinski definition) is 3. The predicted octanol–water partition coefficient (Wildman–Crippen LogP) is 3.41. The van der Waals surface area contributed by atoms with E-state index in [4.69, 9.17) is 23.2 Å². The Morgan fingerprint density at radius 3 is 2.41 bits per heavy atom. The minimum Gasteiger partial charge on any atom is -0.350 e. The zero-order chi connectivity index (χ0) is 20.6. The van der Waals surface area contributed by atoms with E-state index < -0.39 is 0 Å². The molecule has 0 saturated carbocycles. The Kier molecular flexibility index (Phi) is 7.10. The van der Waals surface area contributed by atoms with Crippen LogP contribution in [-0.2, 0) is 6.54 Å². The maximum atomic E-state index is 12.0. The minimum atomic E-state index is -0.337. The lowest BCUT2D eigenvalue weighted by Crippen LogP contribution is -2.40. The average molecular weight is 432 g/mol. The number of carbonyl (C=O) groups excluding carboxylic acids is 2. The highest BCUT2D eigenvalue weighted by molar-refractivity contribution is 6.33. The Hall–Kier alpha value is -3.03. The van der Waals surface area contributed by atoms with Gasteiger partial charge in [-0.05, 0) is 36.4 Å². The number of nitrogens with one attached hydrogen (secondary N) is 3. The van der Waals surface area contributed by atoms with Crippen LogP contribution in [0.25, 0.3) is 5.69 Å². The predicted molar refractivity (Wildman–Crippen MR) is 113 cm³/mol. The van der Waals surface area contributed by atoms with Crippen LogP contribution >= 0.6 is 23.2 Å². The molecule has 0 saturated heterocycles. The van der Waals surface area contributed by atoms with Crippen molar-refractivity contribution in [3.8, 4) is 5.69 Å². The number of aromatic nitrogens is 2. The number of carbonyl (C=O) groups is 2. The van der Waals surface area contributed by atoms with E-state index >= 15 is 0 Å². The first-order valence-electron chi connectivity index (χ1n) is 8.87. The van der Waals surface area contributed by atoms with E-state index in [1.165, 1.54) is 0 Å². The normalized spacial score (nSPS) is 10.4. The molecule has 3 N–H and O–H groups in total. The molecule has 29 heavy (non-hydrogen) atoms. The monoisotopic (exact) mass is 431 g/mol. The van der Waals surface area contributed by atoms with E-state index in [2.05, 4.69) is 21.0 Å². The average Bonchev–Trinajstić information content (AvgIpc) is 3.19. The number of amides is 3. The summed E-state index contributed by atoms with van der Waals surface area (Å²) in [5.74, 6) is -0.285. The van der Waals surface area contributed by atoms with Crippen molar-refractivity contribution in [3.63, 3.8) is 0 Å². The second-order valence-electron chi connectivity index (χ2n) is 6.11. The molecule has 0 fully saturated rings. The maximum Gasteiger partial charge on any atom is 0.315 e. The molecule has 9 heteroatoms. The molecule has 1 heterocycles. The molecule has 0 aliphatic rings. The van der Waals surface area contributed by atoms with Crippen molar-refractivity contribution in [1.29, 1.82) is 0 Å². The van der Waals surface area contributed by atoms with E-state index in [-0.39, 0.29) is 25.0 Å². The molecule has 3 rings (SSSR count). The molecule has 0 aliphatic heterocycles. The van der Waals surface area contributed by atoms with Crippen molar-refractivity contribution in [2.75, 3.05) is 13.1 Å². The Bertz CT molecular complexity index is 989. The van der Waals surface area contributed by atoms with Gasteiger partial charge in [0.15, 0.2) is 0 Å². The number of hydrogen-bond acceptors (Lipinski definition) is 3. The first-order chi connectivity index (χ1) is 14.0. The Morgan fingerprint density at radius 1 is 0.931 bits per heavy atom. The van der Waals surface area contributed by atoms with Gasteiger partial charge in [-0.1, -0.05) is 35.3 Å². The minimum absolute atomic E-state index is 0.284. The van der Waals surface area contributed by atoms with Gasteiger partial charge >= 0.3 is 6.03 Å². The molecule has 2 aromatic carbocycles. The van der Waals surface area contributed by atoms with Gasteiger partial charge in [0.2, 0.25) is 0 Å². The smallest absolute Gasteiger partial charge is 0.315 e. The van der Waals surface area contributed by atoms with Crippen LogP contribution in [0.15, 0.2) is 60.9 Å². The topological polar surface area (TPSA) is 88.1 Å². The highest BCUT2D eigenvalue weighted by Crippen LogP contribution is 2.14. The highest BCUT2D eigenvalue weighted by Gasteiger charge is 2.09. The zero-order valence-corrected chi connectivity index (χ0v) is 16.9. The summed E-state index contributed by atoms with van der Waals surface area (Å²) < 4.78 is 1.70. The Morgan fingerprint density at radius 2 is 1.66 bits per heavy atom. The molecule has 0 radical (unpaired) electrons. The summed E-state index contributed by atoms with van der Waals surface area (Å²) in [4.78, 5) is 23.9. The van der Waals surface area contributed by atoms with Crippen molar-refractivity contribution in [2.45, 2.75) is 6.54 Å². The number of nitrogens with zero attached hydrogens (tertiary/aromatic N) is 2. The number of benzene rings is 2. The van der Waals surface area contributed by atoms with Gasteiger partial charge in [-0.3, -0.25) is 4.79 Å². The van der Waals surface area contributed by atoms with Crippen molar-refractivity contribution >= 4 is 35.1 Å². The number of halogens is 2. The van der Waals surface area contributed by atoms with Crippen molar-refractivity contribution in [2.24, 2.45) is 0 Å². The van der Waals surface area contributed by atoms with Gasteiger partial charge in [-0.2, -0.15) is 5.10 Å². The lowest BCUT2D eigenvalue weighted by Gasteiger charge is -2.09. The standard InChI is InChI=1S/C20H19Cl2N5O2/c21-15-5-7-16(8-6-15)27-13-14(12-26-27)11-25-20(29)24-10-9-23-19(28)17-3-1-2-4-18(17)22/h1-8,12-13H,9-11H2,(H,23,28)(H2,24,25,29). The van der Waals surface area contributed by atoms with Crippen LogP contribution in [0.4, 0.5) is 4.79 Å². The SMILES string of the molecule is O=C(NCCNC(=O)c1ccccc1Cl)NCc1cnn(-c2ccc(Cl)cc2)c1. The fourth-order valence-electron chi connectivity index (χ4n) is 2.52. The molecule has 0 atom stereocenters. The van der Waals surface area contributed by atoms with Crippen molar-refractivity contribution in [1.82, 2.24) is 25.7 Å². The lowest BCUT2D eigenvalue weighted by molar-refractivity contribution is 0.0954. The highest BCUT2D eigenvalue weighted by atomic mass is 35.5. The summed E-state index contributed by atoms with van der Waals surface area (Å²) in [6.45, 7) is 0.892. The second-order valence-corrected chi connectivity index (χ2v) is 6.96. The molecule has 3 aromatic rings. The van der Waals surface area contributed by atoms with Crippen molar-refractivity contribution in [3.05, 3.63) is 82.1 Å². The van der Waals surface area contributed by atoms with E-state index in [0.717, 1.165) is 11.3 Å². The fourth-order valence-corrected chi connectivity index (χ4v) is 2.87. The van der Waals surface area contributed by atoms with E-state index in [0.29, 0.717) is 22.2 Å². The van der Waals surface area contributed by atoms with Crippen molar-refractivity contribution < 1.29 is 9.59 Å². The summed E-state index contributed by atoms with van der Waals surface area (Å²) in [5.41, 5.74) is 2.12. The van der Waals surface area contributed by atoms with Gasteiger partial charge in [0, 0.05) is 36.4 Å². The van der Waals surface area contributed by atoms with Gasteiger partial charge in [0.1, 0.15) is 0 Å². The largest absolute Gasteiger partial charge is 0.350 e. The Labute approximate surface area is 178 Å². The van der Waals surface area contributed by atoms with Crippen LogP contribution in [0.3, 0.4) is 0 Å². The molecule has 7 nitrogen and oxygen atoms in total. The molecule has 0 aliphatic carbocycles. The molecule has 0 bridgehead atoms. The number of urea groups is 1. The summed E-state index contributed by atoms with van der Waals surface area (Å²) in [6, 6.07) is 13.7. The van der Waals surface area contributed by atoms with Crippen LogP contribution in [0, 0.1) is 0 Å². The number of rotatable bonds is 7. The third kappa shape index (κ3) is 5.97. The lowest BCUT2D eigenvalue weighted by atomic mass is 10.2. The van der Waals surface area contributed by atoms with Gasteiger partial charge in [0.05, 0.1) is 22.5 Å².